The number of fused-ring (bicyclic) bond motifs is 5. The summed E-state index contributed by atoms with van der Waals surface area (Å²) in [7, 11) is 0. The average Bonchev–Trinajstić information content (AvgIpc) is 3.68. The summed E-state index contributed by atoms with van der Waals surface area (Å²) in [6.07, 6.45) is -2.82. The van der Waals surface area contributed by atoms with Crippen LogP contribution in [0.25, 0.3) is 22.2 Å². The summed E-state index contributed by atoms with van der Waals surface area (Å²) in [4.78, 5) is 37.8. The molecule has 3 aliphatic heterocycles. The van der Waals surface area contributed by atoms with Crippen LogP contribution in [0.2, 0.25) is 0 Å². The van der Waals surface area contributed by atoms with E-state index in [0.29, 0.717) is 11.0 Å². The Morgan fingerprint density at radius 2 is 2.05 bits per heavy atom. The van der Waals surface area contributed by atoms with Crippen molar-refractivity contribution < 1.29 is 32.5 Å². The van der Waals surface area contributed by atoms with Crippen LogP contribution in [0.4, 0.5) is 16.2 Å². The lowest BCUT2D eigenvalue weighted by molar-refractivity contribution is -0.158. The first-order valence-corrected chi connectivity index (χ1v) is 15.2. The summed E-state index contributed by atoms with van der Waals surface area (Å²) in [5, 5.41) is 8.41. The zero-order valence-corrected chi connectivity index (χ0v) is 22.7. The summed E-state index contributed by atoms with van der Waals surface area (Å²) in [6.45, 7) is -4.05. The molecular weight excluding hydrogens is 586 g/mol. The Hall–Kier alpha value is -3.16. The molecule has 0 amide bonds. The number of halogens is 1. The second kappa shape index (κ2) is 9.99. The number of hydrogen-bond donors (Lipinski definition) is 4. The monoisotopic (exact) mass is 610 g/mol. The van der Waals surface area contributed by atoms with Gasteiger partial charge in [0.05, 0.1) is 24.7 Å². The van der Waals surface area contributed by atoms with Crippen molar-refractivity contribution >= 4 is 52.5 Å². The highest BCUT2D eigenvalue weighted by Crippen LogP contribution is 2.51. The van der Waals surface area contributed by atoms with Crippen LogP contribution in [0.5, 0.6) is 0 Å². The van der Waals surface area contributed by atoms with Gasteiger partial charge >= 0.3 is 6.72 Å². The number of nitrogens with one attached hydrogen (secondary N) is 1. The van der Waals surface area contributed by atoms with Crippen molar-refractivity contribution in [1.29, 1.82) is 0 Å². The summed E-state index contributed by atoms with van der Waals surface area (Å²) < 4.78 is 48.2. The maximum Gasteiger partial charge on any atom is 0.325 e. The molecule has 7 rings (SSSR count). The highest BCUT2D eigenvalue weighted by Gasteiger charge is 2.48. The van der Waals surface area contributed by atoms with Crippen LogP contribution in [-0.4, -0.2) is 82.3 Å². The van der Waals surface area contributed by atoms with E-state index in [4.69, 9.17) is 46.5 Å². The van der Waals surface area contributed by atoms with Crippen LogP contribution in [0, 0.1) is 5.92 Å². The fourth-order valence-electron chi connectivity index (χ4n) is 5.45. The molecule has 8 atom stereocenters. The molecule has 17 nitrogen and oxygen atoms in total. The zero-order valence-electron chi connectivity index (χ0n) is 21.0. The van der Waals surface area contributed by atoms with Crippen molar-refractivity contribution in [3.8, 4) is 0 Å². The summed E-state index contributed by atoms with van der Waals surface area (Å²) in [6, 6.07) is 1.69. The molecule has 0 spiro atoms. The number of nitrogens with zero attached hydrogens (tertiary/aromatic N) is 7. The van der Waals surface area contributed by atoms with Gasteiger partial charge in [0.25, 0.3) is 5.56 Å². The largest absolute Gasteiger partial charge is 0.383 e. The standard InChI is InChI=1S/C21H24FN10O7PS/c22-13-8-2-4-35-12-5-10(19(38-12)32-17-14(29-30-32)18(33)28-21(24)27-17)39-40(34,41)36-6-11(8)37-20(13)31-3-1-9-15(23)25-7-26-16(9)31/h1,3,7-8,10-13,19-20H,2,4-6H2,(H,34,41)(H2,23,25,26)(H3,24,27,28,33)/t8-,10-,11-,12?,13+,19-,20-,40?/m1/s1. The third-order valence-corrected chi connectivity index (χ3v) is 8.93. The highest BCUT2D eigenvalue weighted by atomic mass is 32.5. The van der Waals surface area contributed by atoms with E-state index in [1.165, 1.54) is 11.0 Å². The maximum atomic E-state index is 15.9. The number of alkyl halides is 1. The predicted octanol–water partition coefficient (Wildman–Crippen LogP) is 0.259. The molecule has 4 aromatic rings. The van der Waals surface area contributed by atoms with Gasteiger partial charge in [0.15, 0.2) is 36.1 Å². The van der Waals surface area contributed by atoms with Crippen LogP contribution in [-0.2, 0) is 35.1 Å². The molecule has 4 aromatic heterocycles. The molecule has 3 aliphatic rings. The molecule has 2 bridgehead atoms. The van der Waals surface area contributed by atoms with E-state index < -0.39 is 55.3 Å². The number of H-pyrrole nitrogens is 1. The molecule has 7 heterocycles. The molecule has 41 heavy (non-hydrogen) atoms. The number of anilines is 2. The van der Waals surface area contributed by atoms with E-state index in [1.807, 2.05) is 0 Å². The van der Waals surface area contributed by atoms with Gasteiger partial charge in [0.1, 0.15) is 23.9 Å². The number of nitrogen functional groups attached to an aromatic ring is 2. The lowest BCUT2D eigenvalue weighted by Gasteiger charge is -2.25. The van der Waals surface area contributed by atoms with Gasteiger partial charge < -0.3 is 44.2 Å². The number of ether oxygens (including phenoxy) is 3. The van der Waals surface area contributed by atoms with Crippen molar-refractivity contribution in [2.24, 2.45) is 5.92 Å². The van der Waals surface area contributed by atoms with Gasteiger partial charge in [-0.15, -0.1) is 5.10 Å². The van der Waals surface area contributed by atoms with Gasteiger partial charge in [-0.25, -0.2) is 14.4 Å². The number of hydrogen-bond acceptors (Lipinski definition) is 14. The van der Waals surface area contributed by atoms with Gasteiger partial charge in [-0.2, -0.15) is 9.67 Å². The number of nitrogens with two attached hydrogens (primary N) is 2. The predicted molar refractivity (Wildman–Crippen MR) is 141 cm³/mol. The summed E-state index contributed by atoms with van der Waals surface area (Å²) >= 11 is 5.29. The molecule has 0 aliphatic carbocycles. The lowest BCUT2D eigenvalue weighted by Crippen LogP contribution is -2.29. The smallest absolute Gasteiger partial charge is 0.325 e. The minimum absolute atomic E-state index is 0.0424. The van der Waals surface area contributed by atoms with Crippen molar-refractivity contribution in [2.45, 2.75) is 50.0 Å². The van der Waals surface area contributed by atoms with Crippen LogP contribution in [0.1, 0.15) is 25.3 Å². The van der Waals surface area contributed by atoms with Crippen LogP contribution in [0.15, 0.2) is 23.4 Å². The molecule has 2 unspecified atom stereocenters. The fourth-order valence-corrected chi connectivity index (χ4v) is 6.89. The van der Waals surface area contributed by atoms with E-state index in [2.05, 4.69) is 30.2 Å². The Morgan fingerprint density at radius 1 is 1.20 bits per heavy atom. The number of aromatic amines is 1. The van der Waals surface area contributed by atoms with Gasteiger partial charge in [-0.3, -0.25) is 9.78 Å². The SMILES string of the molecule is Nc1nc2c(nnn2[C@@H]2OC3C[C@H]2OP(O)(=S)OC[C@H]2O[C@@H](n4ccc5c(N)ncnc54)[C@@H](F)[C@@H]2CCO3)c(=O)[nH]1. The van der Waals surface area contributed by atoms with E-state index in [1.54, 1.807) is 16.8 Å². The first-order valence-electron chi connectivity index (χ1n) is 12.6. The van der Waals surface area contributed by atoms with Crippen LogP contribution >= 0.6 is 6.72 Å². The molecule has 0 saturated carbocycles. The van der Waals surface area contributed by atoms with Gasteiger partial charge in [-0.1, -0.05) is 5.21 Å². The van der Waals surface area contributed by atoms with Crippen molar-refractivity contribution in [2.75, 3.05) is 24.7 Å². The van der Waals surface area contributed by atoms with E-state index >= 15 is 4.39 Å². The van der Waals surface area contributed by atoms with E-state index in [-0.39, 0.29) is 49.0 Å². The topological polar surface area (TPSA) is 226 Å². The quantitative estimate of drug-likeness (QED) is 0.223. The highest BCUT2D eigenvalue weighted by molar-refractivity contribution is 8.07. The molecule has 3 saturated heterocycles. The molecule has 6 N–H and O–H groups in total. The first-order chi connectivity index (χ1) is 19.7. The molecule has 3 fully saturated rings. The molecule has 218 valence electrons. The second-order valence-corrected chi connectivity index (χ2v) is 12.6. The lowest BCUT2D eigenvalue weighted by atomic mass is 9.96. The molecule has 0 radical (unpaired) electrons. The van der Waals surface area contributed by atoms with E-state index in [9.17, 15) is 9.69 Å². The minimum atomic E-state index is -3.92. The maximum absolute atomic E-state index is 15.9. The Bertz CT molecular complexity index is 1740. The molecular formula is C21H24FN10O7PS. The van der Waals surface area contributed by atoms with Crippen molar-refractivity contribution in [1.82, 2.24) is 39.5 Å². The van der Waals surface area contributed by atoms with Gasteiger partial charge in [0.2, 0.25) is 5.95 Å². The minimum Gasteiger partial charge on any atom is -0.383 e. The van der Waals surface area contributed by atoms with Gasteiger partial charge in [-0.05, 0) is 24.3 Å². The normalized spacial score (nSPS) is 34.4. The molecule has 20 heteroatoms. The van der Waals surface area contributed by atoms with Crippen LogP contribution < -0.4 is 17.0 Å². The third kappa shape index (κ3) is 4.67. The van der Waals surface area contributed by atoms with Crippen molar-refractivity contribution in [3.63, 3.8) is 0 Å². The molecule has 0 aromatic carbocycles. The number of aromatic nitrogens is 8. The fraction of sp³-hybridized carbons (Fsp3) is 0.524. The Kier molecular flexibility index (Phi) is 6.51. The Balaban J connectivity index is 1.15. The Morgan fingerprint density at radius 3 is 2.90 bits per heavy atom. The number of rotatable bonds is 2. The first kappa shape index (κ1) is 26.7. The van der Waals surface area contributed by atoms with E-state index in [0.717, 1.165) is 0 Å². The Labute approximate surface area is 234 Å². The summed E-state index contributed by atoms with van der Waals surface area (Å²) in [5.74, 6) is -0.565. The van der Waals surface area contributed by atoms with Crippen molar-refractivity contribution in [3.05, 3.63) is 28.9 Å². The van der Waals surface area contributed by atoms with Gasteiger partial charge in [0, 0.05) is 18.5 Å². The third-order valence-electron chi connectivity index (χ3n) is 7.34. The van der Waals surface area contributed by atoms with Crippen LogP contribution in [0.3, 0.4) is 0 Å². The summed E-state index contributed by atoms with van der Waals surface area (Å²) in [5.41, 5.74) is 11.4. The second-order valence-electron chi connectivity index (χ2n) is 9.81. The zero-order chi connectivity index (χ0) is 28.5. The average molecular weight is 611 g/mol.